The first-order chi connectivity index (χ1) is 8.15. The van der Waals surface area contributed by atoms with E-state index in [4.69, 9.17) is 4.74 Å². The Labute approximate surface area is 116 Å². The number of nitrogens with one attached hydrogen (secondary N) is 2. The molecular formula is C11H12Br2N2O2. The summed E-state index contributed by atoms with van der Waals surface area (Å²) in [7, 11) is 0. The van der Waals surface area contributed by atoms with Gasteiger partial charge in [0.15, 0.2) is 0 Å². The third kappa shape index (κ3) is 3.69. The lowest BCUT2D eigenvalue weighted by molar-refractivity contribution is 0.189. The van der Waals surface area contributed by atoms with Crippen LogP contribution in [0.25, 0.3) is 0 Å². The molecule has 1 aromatic carbocycles. The van der Waals surface area contributed by atoms with E-state index < -0.39 is 0 Å². The summed E-state index contributed by atoms with van der Waals surface area (Å²) in [5.74, 6) is 0. The second-order valence-corrected chi connectivity index (χ2v) is 5.55. The Bertz CT molecular complexity index is 420. The van der Waals surface area contributed by atoms with Crippen molar-refractivity contribution < 1.29 is 9.53 Å². The monoisotopic (exact) mass is 362 g/mol. The van der Waals surface area contributed by atoms with Gasteiger partial charge in [0.05, 0.1) is 18.3 Å². The van der Waals surface area contributed by atoms with E-state index >= 15 is 0 Å². The molecule has 1 heterocycles. The molecule has 4 nitrogen and oxygen atoms in total. The van der Waals surface area contributed by atoms with Crippen LogP contribution in [0, 0.1) is 0 Å². The number of ether oxygens (including phenoxy) is 1. The lowest BCUT2D eigenvalue weighted by Crippen LogP contribution is -2.38. The molecule has 1 aliphatic rings. The molecule has 1 aromatic rings. The smallest absolute Gasteiger partial charge is 0.319 e. The van der Waals surface area contributed by atoms with Crippen molar-refractivity contribution in [2.24, 2.45) is 0 Å². The fourth-order valence-corrected chi connectivity index (χ4v) is 2.29. The van der Waals surface area contributed by atoms with Crippen LogP contribution in [0.4, 0.5) is 10.5 Å². The number of halogens is 2. The SMILES string of the molecule is O=C(Nc1cc(Br)ccc1Br)NC1CCOC1. The van der Waals surface area contributed by atoms with Crippen molar-refractivity contribution >= 4 is 43.6 Å². The number of urea groups is 1. The lowest BCUT2D eigenvalue weighted by atomic mass is 10.3. The van der Waals surface area contributed by atoms with Crippen LogP contribution in [0.2, 0.25) is 0 Å². The molecule has 1 saturated heterocycles. The average Bonchev–Trinajstić information content (AvgIpc) is 2.76. The van der Waals surface area contributed by atoms with Gasteiger partial charge >= 0.3 is 6.03 Å². The highest BCUT2D eigenvalue weighted by Gasteiger charge is 2.17. The maximum absolute atomic E-state index is 11.7. The molecule has 0 radical (unpaired) electrons. The summed E-state index contributed by atoms with van der Waals surface area (Å²) in [6.07, 6.45) is 0.868. The molecule has 0 saturated carbocycles. The first-order valence-electron chi connectivity index (χ1n) is 5.25. The van der Waals surface area contributed by atoms with Gasteiger partial charge in [0, 0.05) is 15.6 Å². The van der Waals surface area contributed by atoms with Crippen molar-refractivity contribution in [3.8, 4) is 0 Å². The molecule has 1 fully saturated rings. The van der Waals surface area contributed by atoms with Crippen LogP contribution >= 0.6 is 31.9 Å². The van der Waals surface area contributed by atoms with Crippen molar-refractivity contribution in [3.05, 3.63) is 27.1 Å². The molecule has 1 atom stereocenters. The molecule has 2 N–H and O–H groups in total. The summed E-state index contributed by atoms with van der Waals surface area (Å²) in [4.78, 5) is 11.7. The zero-order chi connectivity index (χ0) is 12.3. The predicted octanol–water partition coefficient (Wildman–Crippen LogP) is 3.12. The van der Waals surface area contributed by atoms with Gasteiger partial charge in [-0.05, 0) is 40.5 Å². The highest BCUT2D eigenvalue weighted by molar-refractivity contribution is 9.11. The second kappa shape index (κ2) is 5.84. The number of rotatable bonds is 2. The Morgan fingerprint density at radius 3 is 2.94 bits per heavy atom. The van der Waals surface area contributed by atoms with Crippen molar-refractivity contribution in [3.63, 3.8) is 0 Å². The summed E-state index contributed by atoms with van der Waals surface area (Å²) >= 11 is 6.75. The molecule has 1 aliphatic heterocycles. The minimum absolute atomic E-state index is 0.112. The first kappa shape index (κ1) is 12.9. The fraction of sp³-hybridized carbons (Fsp3) is 0.364. The summed E-state index contributed by atoms with van der Waals surface area (Å²) in [6, 6.07) is 5.52. The van der Waals surface area contributed by atoms with E-state index in [0.717, 1.165) is 21.1 Å². The second-order valence-electron chi connectivity index (χ2n) is 3.78. The van der Waals surface area contributed by atoms with Crippen molar-refractivity contribution in [2.45, 2.75) is 12.5 Å². The van der Waals surface area contributed by atoms with Gasteiger partial charge in [-0.15, -0.1) is 0 Å². The van der Waals surface area contributed by atoms with E-state index in [9.17, 15) is 4.79 Å². The van der Waals surface area contributed by atoms with Crippen molar-refractivity contribution in [1.29, 1.82) is 0 Å². The zero-order valence-corrected chi connectivity index (χ0v) is 12.2. The summed E-state index contributed by atoms with van der Waals surface area (Å²) in [6.45, 7) is 1.30. The number of hydrogen-bond donors (Lipinski definition) is 2. The van der Waals surface area contributed by atoms with Gasteiger partial charge in [0.1, 0.15) is 0 Å². The van der Waals surface area contributed by atoms with Crippen LogP contribution in [-0.4, -0.2) is 25.3 Å². The largest absolute Gasteiger partial charge is 0.379 e. The minimum atomic E-state index is -0.209. The van der Waals surface area contributed by atoms with Gasteiger partial charge in [-0.1, -0.05) is 15.9 Å². The third-order valence-corrected chi connectivity index (χ3v) is 3.63. The van der Waals surface area contributed by atoms with Crippen molar-refractivity contribution in [2.75, 3.05) is 18.5 Å². The van der Waals surface area contributed by atoms with E-state index in [-0.39, 0.29) is 12.1 Å². The Balaban J connectivity index is 1.95. The molecule has 6 heteroatoms. The number of hydrogen-bond acceptors (Lipinski definition) is 2. The van der Waals surface area contributed by atoms with Crippen LogP contribution in [0.1, 0.15) is 6.42 Å². The number of benzene rings is 1. The van der Waals surface area contributed by atoms with E-state index in [0.29, 0.717) is 13.2 Å². The van der Waals surface area contributed by atoms with Crippen LogP contribution in [-0.2, 0) is 4.74 Å². The highest BCUT2D eigenvalue weighted by Crippen LogP contribution is 2.26. The topological polar surface area (TPSA) is 50.4 Å². The normalized spacial score (nSPS) is 19.1. The molecule has 0 aliphatic carbocycles. The van der Waals surface area contributed by atoms with Crippen LogP contribution in [0.15, 0.2) is 27.1 Å². The van der Waals surface area contributed by atoms with E-state index in [1.165, 1.54) is 0 Å². The van der Waals surface area contributed by atoms with Crippen LogP contribution < -0.4 is 10.6 Å². The Hall–Kier alpha value is -0.590. The zero-order valence-electron chi connectivity index (χ0n) is 9.00. The Morgan fingerprint density at radius 2 is 2.24 bits per heavy atom. The molecule has 2 amide bonds. The standard InChI is InChI=1S/C11H12Br2N2O2/c12-7-1-2-9(13)10(5-7)15-11(16)14-8-3-4-17-6-8/h1-2,5,8H,3-4,6H2,(H2,14,15,16). The van der Waals surface area contributed by atoms with Gasteiger partial charge in [-0.3, -0.25) is 0 Å². The van der Waals surface area contributed by atoms with E-state index in [1.807, 2.05) is 18.2 Å². The third-order valence-electron chi connectivity index (χ3n) is 2.44. The van der Waals surface area contributed by atoms with E-state index in [1.54, 1.807) is 0 Å². The maximum Gasteiger partial charge on any atom is 0.319 e. The number of carbonyl (C=O) groups excluding carboxylic acids is 1. The Kier molecular flexibility index (Phi) is 4.42. The minimum Gasteiger partial charge on any atom is -0.379 e. The molecule has 0 spiro atoms. The average molecular weight is 364 g/mol. The number of amides is 2. The van der Waals surface area contributed by atoms with Gasteiger partial charge in [0.25, 0.3) is 0 Å². The summed E-state index contributed by atoms with van der Waals surface area (Å²) in [5.41, 5.74) is 0.732. The molecule has 0 aromatic heterocycles. The number of carbonyl (C=O) groups is 1. The molecule has 92 valence electrons. The molecule has 2 rings (SSSR count). The molecular weight excluding hydrogens is 352 g/mol. The van der Waals surface area contributed by atoms with Gasteiger partial charge in [-0.25, -0.2) is 4.79 Å². The van der Waals surface area contributed by atoms with Crippen molar-refractivity contribution in [1.82, 2.24) is 5.32 Å². The van der Waals surface area contributed by atoms with Crippen LogP contribution in [0.3, 0.4) is 0 Å². The van der Waals surface area contributed by atoms with Gasteiger partial charge < -0.3 is 15.4 Å². The number of anilines is 1. The molecule has 17 heavy (non-hydrogen) atoms. The lowest BCUT2D eigenvalue weighted by Gasteiger charge is -2.13. The van der Waals surface area contributed by atoms with E-state index in [2.05, 4.69) is 42.5 Å². The fourth-order valence-electron chi connectivity index (χ4n) is 1.59. The summed E-state index contributed by atoms with van der Waals surface area (Å²) < 4.78 is 6.95. The molecule has 1 unspecified atom stereocenters. The Morgan fingerprint density at radius 1 is 1.41 bits per heavy atom. The highest BCUT2D eigenvalue weighted by atomic mass is 79.9. The maximum atomic E-state index is 11.7. The molecule has 0 bridgehead atoms. The van der Waals surface area contributed by atoms with Crippen LogP contribution in [0.5, 0.6) is 0 Å². The predicted molar refractivity (Wildman–Crippen MR) is 73.2 cm³/mol. The van der Waals surface area contributed by atoms with Gasteiger partial charge in [-0.2, -0.15) is 0 Å². The van der Waals surface area contributed by atoms with Gasteiger partial charge in [0.2, 0.25) is 0 Å². The quantitative estimate of drug-likeness (QED) is 0.848. The first-order valence-corrected chi connectivity index (χ1v) is 6.84. The summed E-state index contributed by atoms with van der Waals surface area (Å²) in [5, 5.41) is 5.66.